The van der Waals surface area contributed by atoms with Crippen LogP contribution in [0, 0.1) is 6.92 Å². The number of amides is 1. The van der Waals surface area contributed by atoms with Crippen LogP contribution in [-0.4, -0.2) is 25.0 Å². The van der Waals surface area contributed by atoms with Gasteiger partial charge in [0, 0.05) is 16.5 Å². The van der Waals surface area contributed by atoms with Crippen LogP contribution in [0.1, 0.15) is 21.5 Å². The number of carbonyl (C=O) groups is 2. The summed E-state index contributed by atoms with van der Waals surface area (Å²) in [6.07, 6.45) is 0.384. The van der Waals surface area contributed by atoms with Gasteiger partial charge in [-0.3, -0.25) is 4.79 Å². The largest absolute Gasteiger partial charge is 0.467 e. The lowest BCUT2D eigenvalue weighted by atomic mass is 10.0. The number of ether oxygens (including phenoxy) is 1. The summed E-state index contributed by atoms with van der Waals surface area (Å²) in [5.74, 6) is -0.761. The lowest BCUT2D eigenvalue weighted by Crippen LogP contribution is -2.43. The van der Waals surface area contributed by atoms with Crippen LogP contribution in [0.5, 0.6) is 0 Å². The van der Waals surface area contributed by atoms with Crippen molar-refractivity contribution in [1.82, 2.24) is 5.32 Å². The summed E-state index contributed by atoms with van der Waals surface area (Å²) < 4.78 is 5.74. The molecule has 0 aliphatic heterocycles. The van der Waals surface area contributed by atoms with Gasteiger partial charge in [0.2, 0.25) is 0 Å². The van der Waals surface area contributed by atoms with Gasteiger partial charge in [0.25, 0.3) is 5.91 Å². The summed E-state index contributed by atoms with van der Waals surface area (Å²) in [5, 5.41) is 2.75. The Morgan fingerprint density at radius 3 is 2.48 bits per heavy atom. The van der Waals surface area contributed by atoms with Gasteiger partial charge in [-0.1, -0.05) is 46.3 Å². The molecule has 0 saturated carbocycles. The Morgan fingerprint density at radius 2 is 1.87 bits per heavy atom. The summed E-state index contributed by atoms with van der Waals surface area (Å²) in [6, 6.07) is 14.1. The van der Waals surface area contributed by atoms with E-state index in [-0.39, 0.29) is 5.91 Å². The van der Waals surface area contributed by atoms with Crippen molar-refractivity contribution in [2.75, 3.05) is 7.11 Å². The number of hydrogen-bond donors (Lipinski definition) is 1. The van der Waals surface area contributed by atoms with Gasteiger partial charge in [-0.05, 0) is 36.2 Å². The molecule has 5 heteroatoms. The van der Waals surface area contributed by atoms with E-state index in [1.165, 1.54) is 7.11 Å². The summed E-state index contributed by atoms with van der Waals surface area (Å²) in [6.45, 7) is 1.91. The maximum Gasteiger partial charge on any atom is 0.328 e. The Bertz CT molecular complexity index is 701. The Kier molecular flexibility index (Phi) is 5.93. The minimum atomic E-state index is -0.723. The molecule has 1 amide bonds. The second-order valence-electron chi connectivity index (χ2n) is 5.20. The predicted octanol–water partition coefficient (Wildman–Crippen LogP) is 3.27. The lowest BCUT2D eigenvalue weighted by Gasteiger charge is -2.17. The van der Waals surface area contributed by atoms with Crippen LogP contribution in [0.15, 0.2) is 53.0 Å². The van der Waals surface area contributed by atoms with Crippen LogP contribution >= 0.6 is 15.9 Å². The van der Waals surface area contributed by atoms with Crippen LogP contribution in [0.3, 0.4) is 0 Å². The van der Waals surface area contributed by atoms with Crippen molar-refractivity contribution in [2.24, 2.45) is 0 Å². The van der Waals surface area contributed by atoms with E-state index in [1.54, 1.807) is 12.1 Å². The quantitative estimate of drug-likeness (QED) is 0.815. The van der Waals surface area contributed by atoms with E-state index < -0.39 is 12.0 Å². The first kappa shape index (κ1) is 17.2. The van der Waals surface area contributed by atoms with Gasteiger partial charge in [-0.25, -0.2) is 4.79 Å². The molecule has 4 nitrogen and oxygen atoms in total. The zero-order chi connectivity index (χ0) is 16.8. The first-order chi connectivity index (χ1) is 11.0. The molecule has 1 atom stereocenters. The number of esters is 1. The average molecular weight is 376 g/mol. The first-order valence-electron chi connectivity index (χ1n) is 7.20. The maximum absolute atomic E-state index is 12.4. The smallest absolute Gasteiger partial charge is 0.328 e. The lowest BCUT2D eigenvalue weighted by molar-refractivity contribution is -0.142. The minimum Gasteiger partial charge on any atom is -0.467 e. The van der Waals surface area contributed by atoms with E-state index in [1.807, 2.05) is 43.3 Å². The molecule has 0 aliphatic carbocycles. The number of aryl methyl sites for hydroxylation is 1. The number of benzene rings is 2. The van der Waals surface area contributed by atoms with Crippen molar-refractivity contribution < 1.29 is 14.3 Å². The molecule has 0 saturated heterocycles. The Morgan fingerprint density at radius 1 is 1.17 bits per heavy atom. The Hall–Kier alpha value is -2.14. The summed E-state index contributed by atoms with van der Waals surface area (Å²) in [5.41, 5.74) is 2.41. The first-order valence-corrected chi connectivity index (χ1v) is 7.99. The van der Waals surface area contributed by atoms with Crippen LogP contribution < -0.4 is 5.32 Å². The summed E-state index contributed by atoms with van der Waals surface area (Å²) in [4.78, 5) is 24.4. The highest BCUT2D eigenvalue weighted by atomic mass is 79.9. The highest BCUT2D eigenvalue weighted by Crippen LogP contribution is 2.17. The van der Waals surface area contributed by atoms with Crippen LogP contribution in [0.25, 0.3) is 0 Å². The Balaban J connectivity index is 2.15. The molecule has 0 heterocycles. The van der Waals surface area contributed by atoms with E-state index >= 15 is 0 Å². The van der Waals surface area contributed by atoms with Crippen LogP contribution in [-0.2, 0) is 16.0 Å². The molecule has 0 fully saturated rings. The van der Waals surface area contributed by atoms with E-state index in [0.29, 0.717) is 12.0 Å². The number of carbonyl (C=O) groups excluding carboxylic acids is 2. The molecule has 2 aromatic rings. The monoisotopic (exact) mass is 375 g/mol. The SMILES string of the molecule is COC(=O)[C@@H](Cc1ccccc1)NC(=O)c1ccc(Br)c(C)c1. The third-order valence-electron chi connectivity index (χ3n) is 3.49. The fourth-order valence-corrected chi connectivity index (χ4v) is 2.46. The standard InChI is InChI=1S/C18H18BrNO3/c1-12-10-14(8-9-15(12)19)17(21)20-16(18(22)23-2)11-13-6-4-3-5-7-13/h3-10,16H,11H2,1-2H3,(H,20,21)/t16-/m1/s1. The normalized spacial score (nSPS) is 11.6. The van der Waals surface area contributed by atoms with Crippen molar-refractivity contribution >= 4 is 27.8 Å². The van der Waals surface area contributed by atoms with Crippen molar-refractivity contribution in [3.8, 4) is 0 Å². The molecular formula is C18H18BrNO3. The van der Waals surface area contributed by atoms with Crippen molar-refractivity contribution in [3.05, 3.63) is 69.7 Å². The van der Waals surface area contributed by atoms with Gasteiger partial charge >= 0.3 is 5.97 Å². The molecule has 23 heavy (non-hydrogen) atoms. The third-order valence-corrected chi connectivity index (χ3v) is 4.38. The molecule has 2 aromatic carbocycles. The molecule has 1 N–H and O–H groups in total. The highest BCUT2D eigenvalue weighted by Gasteiger charge is 2.22. The number of nitrogens with one attached hydrogen (secondary N) is 1. The molecule has 0 aromatic heterocycles. The fraction of sp³-hybridized carbons (Fsp3) is 0.222. The number of hydrogen-bond acceptors (Lipinski definition) is 3. The zero-order valence-corrected chi connectivity index (χ0v) is 14.6. The van der Waals surface area contributed by atoms with Crippen LogP contribution in [0.4, 0.5) is 0 Å². The summed E-state index contributed by atoms with van der Waals surface area (Å²) >= 11 is 3.40. The van der Waals surface area contributed by atoms with E-state index in [9.17, 15) is 9.59 Å². The number of halogens is 1. The molecule has 0 aliphatic rings. The fourth-order valence-electron chi connectivity index (χ4n) is 2.21. The van der Waals surface area contributed by atoms with Gasteiger partial charge in [0.1, 0.15) is 6.04 Å². The van der Waals surface area contributed by atoms with Gasteiger partial charge in [-0.2, -0.15) is 0 Å². The van der Waals surface area contributed by atoms with Gasteiger partial charge in [-0.15, -0.1) is 0 Å². The molecule has 0 spiro atoms. The van der Waals surface area contributed by atoms with Gasteiger partial charge in [0.15, 0.2) is 0 Å². The second-order valence-corrected chi connectivity index (χ2v) is 6.06. The average Bonchev–Trinajstić information content (AvgIpc) is 2.56. The van der Waals surface area contributed by atoms with E-state index in [0.717, 1.165) is 15.6 Å². The minimum absolute atomic E-state index is 0.299. The maximum atomic E-state index is 12.4. The molecule has 0 unspecified atom stereocenters. The zero-order valence-electron chi connectivity index (χ0n) is 13.0. The molecule has 120 valence electrons. The van der Waals surface area contributed by atoms with Crippen molar-refractivity contribution in [2.45, 2.75) is 19.4 Å². The second kappa shape index (κ2) is 7.92. The van der Waals surface area contributed by atoms with Crippen LogP contribution in [0.2, 0.25) is 0 Å². The Labute approximate surface area is 144 Å². The molecule has 2 rings (SSSR count). The van der Waals surface area contributed by atoms with E-state index in [2.05, 4.69) is 21.2 Å². The topological polar surface area (TPSA) is 55.4 Å². The number of methoxy groups -OCH3 is 1. The van der Waals surface area contributed by atoms with Gasteiger partial charge < -0.3 is 10.1 Å². The molecule has 0 radical (unpaired) electrons. The van der Waals surface area contributed by atoms with Gasteiger partial charge in [0.05, 0.1) is 7.11 Å². The number of rotatable bonds is 5. The molecular weight excluding hydrogens is 358 g/mol. The summed E-state index contributed by atoms with van der Waals surface area (Å²) in [7, 11) is 1.32. The van der Waals surface area contributed by atoms with Crippen molar-refractivity contribution in [1.29, 1.82) is 0 Å². The third kappa shape index (κ3) is 4.66. The highest BCUT2D eigenvalue weighted by molar-refractivity contribution is 9.10. The predicted molar refractivity (Wildman–Crippen MR) is 92.3 cm³/mol. The van der Waals surface area contributed by atoms with E-state index in [4.69, 9.17) is 4.74 Å². The van der Waals surface area contributed by atoms with Crippen molar-refractivity contribution in [3.63, 3.8) is 0 Å². The molecule has 0 bridgehead atoms.